The number of nitrogens with zero attached hydrogens (tertiary/aromatic N) is 3. The maximum Gasteiger partial charge on any atom is 0.124 e. The van der Waals surface area contributed by atoms with E-state index in [9.17, 15) is 4.39 Å². The average Bonchev–Trinajstić information content (AvgIpc) is 3.29. The van der Waals surface area contributed by atoms with Crippen molar-refractivity contribution in [2.75, 3.05) is 0 Å². The highest BCUT2D eigenvalue weighted by Gasteiger charge is 2.26. The lowest BCUT2D eigenvalue weighted by molar-refractivity contribution is 0.630. The van der Waals surface area contributed by atoms with Gasteiger partial charge in [0.05, 0.1) is 28.1 Å². The van der Waals surface area contributed by atoms with Crippen LogP contribution in [-0.2, 0) is 0 Å². The summed E-state index contributed by atoms with van der Waals surface area (Å²) in [5.41, 5.74) is 6.55. The predicted molar refractivity (Wildman–Crippen MR) is 118 cm³/mol. The Hall–Kier alpha value is -4.05. The molecular weight excluding hydrogens is 373 g/mol. The lowest BCUT2D eigenvalue weighted by Gasteiger charge is -2.13. The molecule has 0 amide bonds. The molecule has 0 spiro atoms. The lowest BCUT2D eigenvalue weighted by atomic mass is 10.0. The molecule has 2 heterocycles. The molecule has 0 radical (unpaired) electrons. The van der Waals surface area contributed by atoms with E-state index >= 15 is 0 Å². The summed E-state index contributed by atoms with van der Waals surface area (Å²) in [6.45, 7) is 0. The molecule has 0 fully saturated rings. The van der Waals surface area contributed by atoms with Gasteiger partial charge in [0.15, 0.2) is 0 Å². The first-order chi connectivity index (χ1) is 14.8. The van der Waals surface area contributed by atoms with Gasteiger partial charge in [-0.3, -0.25) is 9.97 Å². The molecule has 0 atom stereocenters. The molecule has 1 aliphatic rings. The summed E-state index contributed by atoms with van der Waals surface area (Å²) >= 11 is 0. The highest BCUT2D eigenvalue weighted by molar-refractivity contribution is 6.17. The maximum absolute atomic E-state index is 14.8. The van der Waals surface area contributed by atoms with E-state index in [1.807, 2.05) is 12.1 Å². The van der Waals surface area contributed by atoms with Crippen LogP contribution in [0.4, 0.5) is 4.39 Å². The number of fused-ring (bicyclic) bond motifs is 6. The van der Waals surface area contributed by atoms with Gasteiger partial charge in [0.2, 0.25) is 0 Å². The Bertz CT molecular complexity index is 1610. The van der Waals surface area contributed by atoms with Crippen molar-refractivity contribution >= 4 is 32.6 Å². The monoisotopic (exact) mass is 387 g/mol. The number of hydrogen-bond acceptors (Lipinski definition) is 2. The van der Waals surface area contributed by atoms with E-state index in [0.29, 0.717) is 0 Å². The third-order valence-corrected chi connectivity index (χ3v) is 6.09. The van der Waals surface area contributed by atoms with Crippen molar-refractivity contribution in [3.8, 4) is 28.2 Å². The second kappa shape index (κ2) is 5.51. The van der Waals surface area contributed by atoms with Crippen LogP contribution in [0.15, 0.2) is 85.2 Å². The van der Waals surface area contributed by atoms with E-state index in [4.69, 9.17) is 0 Å². The molecule has 0 saturated carbocycles. The Morgan fingerprint density at radius 3 is 1.97 bits per heavy atom. The lowest BCUT2D eigenvalue weighted by Crippen LogP contribution is -1.96. The van der Waals surface area contributed by atoms with Crippen LogP contribution in [-0.4, -0.2) is 14.5 Å². The summed E-state index contributed by atoms with van der Waals surface area (Å²) < 4.78 is 17.0. The van der Waals surface area contributed by atoms with Crippen molar-refractivity contribution in [3.05, 3.63) is 91.0 Å². The third-order valence-electron chi connectivity index (χ3n) is 6.09. The molecule has 0 N–H and O–H groups in total. The summed E-state index contributed by atoms with van der Waals surface area (Å²) in [4.78, 5) is 9.03. The molecule has 0 unspecified atom stereocenters. The van der Waals surface area contributed by atoms with Gasteiger partial charge in [-0.15, -0.1) is 0 Å². The average molecular weight is 387 g/mol. The van der Waals surface area contributed by atoms with E-state index < -0.39 is 0 Å². The molecule has 1 aliphatic carbocycles. The first kappa shape index (κ1) is 15.8. The Kier molecular flexibility index (Phi) is 2.91. The summed E-state index contributed by atoms with van der Waals surface area (Å²) in [5.74, 6) is -0.268. The zero-order chi connectivity index (χ0) is 19.8. The molecule has 0 bridgehead atoms. The molecule has 0 aliphatic heterocycles. The largest absolute Gasteiger partial charge is 0.309 e. The van der Waals surface area contributed by atoms with Gasteiger partial charge < -0.3 is 4.57 Å². The van der Waals surface area contributed by atoms with Crippen LogP contribution in [0, 0.1) is 5.82 Å². The summed E-state index contributed by atoms with van der Waals surface area (Å²) in [7, 11) is 0. The minimum absolute atomic E-state index is 0.268. The van der Waals surface area contributed by atoms with E-state index in [1.54, 1.807) is 24.5 Å². The van der Waals surface area contributed by atoms with Crippen LogP contribution >= 0.6 is 0 Å². The molecular formula is C26H14FN3. The highest BCUT2D eigenvalue weighted by Crippen LogP contribution is 2.47. The molecule has 6 aromatic rings. The van der Waals surface area contributed by atoms with E-state index in [1.165, 1.54) is 10.8 Å². The highest BCUT2D eigenvalue weighted by atomic mass is 19.1. The molecule has 4 aromatic carbocycles. The third kappa shape index (κ3) is 1.88. The minimum Gasteiger partial charge on any atom is -0.309 e. The Balaban J connectivity index is 1.68. The van der Waals surface area contributed by atoms with E-state index in [2.05, 4.69) is 63.1 Å². The van der Waals surface area contributed by atoms with Gasteiger partial charge in [0, 0.05) is 45.1 Å². The van der Waals surface area contributed by atoms with Crippen LogP contribution in [0.25, 0.3) is 60.8 Å². The zero-order valence-electron chi connectivity index (χ0n) is 15.8. The van der Waals surface area contributed by atoms with Crippen LogP contribution in [0.3, 0.4) is 0 Å². The number of para-hydroxylation sites is 2. The number of benzene rings is 4. The Morgan fingerprint density at radius 2 is 1.27 bits per heavy atom. The Labute approximate surface area is 171 Å². The fourth-order valence-corrected chi connectivity index (χ4v) is 4.93. The molecule has 2 aromatic heterocycles. The summed E-state index contributed by atoms with van der Waals surface area (Å²) in [6.07, 6.45) is 3.35. The fraction of sp³-hybridized carbons (Fsp3) is 0. The molecule has 3 nitrogen and oxygen atoms in total. The first-order valence-electron chi connectivity index (χ1n) is 9.88. The van der Waals surface area contributed by atoms with Crippen molar-refractivity contribution in [1.82, 2.24) is 14.5 Å². The predicted octanol–water partition coefficient (Wildman–Crippen LogP) is 6.51. The second-order valence-electron chi connectivity index (χ2n) is 7.63. The molecule has 140 valence electrons. The van der Waals surface area contributed by atoms with E-state index in [-0.39, 0.29) is 5.82 Å². The van der Waals surface area contributed by atoms with Gasteiger partial charge in [-0.25, -0.2) is 4.39 Å². The van der Waals surface area contributed by atoms with Gasteiger partial charge in [-0.05, 0) is 36.4 Å². The van der Waals surface area contributed by atoms with Gasteiger partial charge in [0.1, 0.15) is 5.82 Å². The number of aromatic nitrogens is 3. The standard InChI is InChI=1S/C26H14FN3/c27-15-13-19-23(10-9-18-24(19)20(14-15)26-25(18)28-11-12-29-26)30-21-7-3-1-5-16(21)17-6-2-4-8-22(17)30/h1-14H. The van der Waals surface area contributed by atoms with Gasteiger partial charge in [-0.1, -0.05) is 36.4 Å². The molecule has 30 heavy (non-hydrogen) atoms. The van der Waals surface area contributed by atoms with Crippen LogP contribution in [0.2, 0.25) is 0 Å². The van der Waals surface area contributed by atoms with Crippen LogP contribution in [0.5, 0.6) is 0 Å². The number of hydrogen-bond donors (Lipinski definition) is 0. The number of rotatable bonds is 1. The number of halogens is 1. The van der Waals surface area contributed by atoms with Crippen molar-refractivity contribution in [2.24, 2.45) is 0 Å². The quantitative estimate of drug-likeness (QED) is 0.321. The topological polar surface area (TPSA) is 30.7 Å². The Morgan fingerprint density at radius 1 is 0.633 bits per heavy atom. The van der Waals surface area contributed by atoms with Crippen molar-refractivity contribution in [1.29, 1.82) is 0 Å². The fourth-order valence-electron chi connectivity index (χ4n) is 4.93. The van der Waals surface area contributed by atoms with Crippen molar-refractivity contribution in [2.45, 2.75) is 0 Å². The summed E-state index contributed by atoms with van der Waals surface area (Å²) in [5, 5.41) is 4.25. The maximum atomic E-state index is 14.8. The minimum atomic E-state index is -0.268. The SMILES string of the molecule is Fc1cc2c3c(ccc(-n4c5ccccc5c5ccccc54)c3c1)-c1nccnc1-2. The van der Waals surface area contributed by atoms with Gasteiger partial charge in [-0.2, -0.15) is 0 Å². The molecule has 7 rings (SSSR count). The second-order valence-corrected chi connectivity index (χ2v) is 7.63. The van der Waals surface area contributed by atoms with Crippen molar-refractivity contribution < 1.29 is 4.39 Å². The van der Waals surface area contributed by atoms with Crippen LogP contribution in [0.1, 0.15) is 0 Å². The van der Waals surface area contributed by atoms with Gasteiger partial charge in [0.25, 0.3) is 0 Å². The molecule has 0 saturated heterocycles. The first-order valence-corrected chi connectivity index (χ1v) is 9.88. The van der Waals surface area contributed by atoms with Gasteiger partial charge >= 0.3 is 0 Å². The zero-order valence-corrected chi connectivity index (χ0v) is 15.8. The normalized spacial score (nSPS) is 12.2. The van der Waals surface area contributed by atoms with Crippen molar-refractivity contribution in [3.63, 3.8) is 0 Å². The smallest absolute Gasteiger partial charge is 0.124 e. The van der Waals surface area contributed by atoms with Crippen LogP contribution < -0.4 is 0 Å². The van der Waals surface area contributed by atoms with E-state index in [0.717, 1.165) is 50.0 Å². The summed E-state index contributed by atoms with van der Waals surface area (Å²) in [6, 6.07) is 24.1. The molecule has 4 heteroatoms.